The molecule has 0 spiro atoms. The number of hydrogen-bond donors (Lipinski definition) is 1. The van der Waals surface area contributed by atoms with Crippen LogP contribution >= 0.6 is 23.5 Å². The average Bonchev–Trinajstić information content (AvgIpc) is 2.49. The molecule has 1 aliphatic heterocycles. The summed E-state index contributed by atoms with van der Waals surface area (Å²) in [5.41, 5.74) is 0.940. The van der Waals surface area contributed by atoms with Crippen LogP contribution in [0, 0.1) is 0 Å². The van der Waals surface area contributed by atoms with Gasteiger partial charge in [-0.2, -0.15) is 23.5 Å². The zero-order valence-electron chi connectivity index (χ0n) is 12.3. The minimum Gasteiger partial charge on any atom is -0.480 e. The van der Waals surface area contributed by atoms with Crippen molar-refractivity contribution in [2.45, 2.75) is 36.8 Å². The molecule has 112 valence electrons. The van der Waals surface area contributed by atoms with Crippen LogP contribution in [0.1, 0.15) is 32.0 Å². The molecule has 0 saturated carbocycles. The largest absolute Gasteiger partial charge is 0.480 e. The molecule has 4 nitrogen and oxygen atoms in total. The molecule has 2 heterocycles. The molecule has 1 fully saturated rings. The van der Waals surface area contributed by atoms with Crippen LogP contribution in [0.15, 0.2) is 12.4 Å². The Labute approximate surface area is 129 Å². The molecule has 3 unspecified atom stereocenters. The van der Waals surface area contributed by atoms with E-state index in [9.17, 15) is 0 Å². The minimum atomic E-state index is 0.200. The molecule has 3 atom stereocenters. The molecule has 2 rings (SSSR count). The Hall–Kier alpha value is -0.460. The lowest BCUT2D eigenvalue weighted by molar-refractivity contribution is 0.374. The summed E-state index contributed by atoms with van der Waals surface area (Å²) in [6.45, 7) is 5.48. The smallest absolute Gasteiger partial charge is 0.237 e. The monoisotopic (exact) mass is 313 g/mol. The van der Waals surface area contributed by atoms with Gasteiger partial charge in [0.15, 0.2) is 0 Å². The van der Waals surface area contributed by atoms with E-state index >= 15 is 0 Å². The van der Waals surface area contributed by atoms with Crippen molar-refractivity contribution < 1.29 is 4.74 Å². The van der Waals surface area contributed by atoms with Gasteiger partial charge in [0.2, 0.25) is 5.88 Å². The number of ether oxygens (including phenoxy) is 1. The normalized spacial score (nSPS) is 24.4. The zero-order chi connectivity index (χ0) is 14.4. The zero-order valence-corrected chi connectivity index (χ0v) is 14.0. The van der Waals surface area contributed by atoms with E-state index in [1.807, 2.05) is 23.5 Å². The van der Waals surface area contributed by atoms with Crippen LogP contribution in [-0.4, -0.2) is 45.6 Å². The summed E-state index contributed by atoms with van der Waals surface area (Å²) in [6, 6.07) is 0.200. The second-order valence-corrected chi connectivity index (χ2v) is 7.57. The Morgan fingerprint density at radius 1 is 1.35 bits per heavy atom. The third-order valence-electron chi connectivity index (χ3n) is 3.36. The van der Waals surface area contributed by atoms with Gasteiger partial charge in [-0.25, -0.2) is 4.98 Å². The molecule has 0 aromatic carbocycles. The predicted molar refractivity (Wildman–Crippen MR) is 87.8 cm³/mol. The van der Waals surface area contributed by atoms with Crippen LogP contribution in [0.5, 0.6) is 5.88 Å². The Kier molecular flexibility index (Phi) is 6.45. The quantitative estimate of drug-likeness (QED) is 0.871. The lowest BCUT2D eigenvalue weighted by Crippen LogP contribution is -2.38. The van der Waals surface area contributed by atoms with E-state index in [0.717, 1.165) is 18.7 Å². The maximum atomic E-state index is 5.40. The maximum absolute atomic E-state index is 5.40. The van der Waals surface area contributed by atoms with Crippen LogP contribution in [-0.2, 0) is 0 Å². The molecular weight excluding hydrogens is 290 g/mol. The van der Waals surface area contributed by atoms with Gasteiger partial charge in [0, 0.05) is 34.4 Å². The van der Waals surface area contributed by atoms with Crippen molar-refractivity contribution in [2.24, 2.45) is 0 Å². The van der Waals surface area contributed by atoms with E-state index in [1.165, 1.54) is 11.5 Å². The highest BCUT2D eigenvalue weighted by Crippen LogP contribution is 2.39. The summed E-state index contributed by atoms with van der Waals surface area (Å²) in [5.74, 6) is 3.08. The molecule has 1 aromatic rings. The summed E-state index contributed by atoms with van der Waals surface area (Å²) in [4.78, 5) is 8.85. The fraction of sp³-hybridized carbons (Fsp3) is 0.714. The summed E-state index contributed by atoms with van der Waals surface area (Å²) in [5, 5.41) is 4.76. The van der Waals surface area contributed by atoms with Crippen LogP contribution in [0.25, 0.3) is 0 Å². The molecule has 0 amide bonds. The Morgan fingerprint density at radius 2 is 2.10 bits per heavy atom. The third kappa shape index (κ3) is 3.80. The molecule has 1 aliphatic rings. The first kappa shape index (κ1) is 15.9. The van der Waals surface area contributed by atoms with Crippen LogP contribution in [0.4, 0.5) is 0 Å². The lowest BCUT2D eigenvalue weighted by atomic mass is 10.1. The molecule has 20 heavy (non-hydrogen) atoms. The fourth-order valence-corrected chi connectivity index (χ4v) is 5.31. The molecule has 0 aliphatic carbocycles. The summed E-state index contributed by atoms with van der Waals surface area (Å²) >= 11 is 4.08. The van der Waals surface area contributed by atoms with E-state index in [2.05, 4.69) is 29.1 Å². The van der Waals surface area contributed by atoms with Gasteiger partial charge in [0.25, 0.3) is 0 Å². The van der Waals surface area contributed by atoms with Gasteiger partial charge in [-0.3, -0.25) is 4.98 Å². The highest BCUT2D eigenvalue weighted by Gasteiger charge is 2.33. The second kappa shape index (κ2) is 8.10. The fourth-order valence-electron chi connectivity index (χ4n) is 2.39. The first-order valence-corrected chi connectivity index (χ1v) is 9.19. The van der Waals surface area contributed by atoms with Gasteiger partial charge in [-0.15, -0.1) is 0 Å². The van der Waals surface area contributed by atoms with Gasteiger partial charge in [0.1, 0.15) is 5.69 Å². The maximum Gasteiger partial charge on any atom is 0.237 e. The second-order valence-electron chi connectivity index (χ2n) is 4.79. The first-order valence-electron chi connectivity index (χ1n) is 7.09. The molecule has 1 N–H and O–H groups in total. The van der Waals surface area contributed by atoms with Gasteiger partial charge in [-0.05, 0) is 13.0 Å². The Morgan fingerprint density at radius 3 is 2.80 bits per heavy atom. The summed E-state index contributed by atoms with van der Waals surface area (Å²) in [6.07, 6.45) is 4.55. The molecule has 6 heteroatoms. The number of aromatic nitrogens is 2. The van der Waals surface area contributed by atoms with E-state index in [-0.39, 0.29) is 6.04 Å². The predicted octanol–water partition coefficient (Wildman–Crippen LogP) is 2.76. The number of hydrogen-bond acceptors (Lipinski definition) is 6. The summed E-state index contributed by atoms with van der Waals surface area (Å²) < 4.78 is 5.40. The highest BCUT2D eigenvalue weighted by molar-refractivity contribution is 8.07. The molecular formula is C14H23N3OS2. The van der Waals surface area contributed by atoms with Crippen LogP contribution in [0.2, 0.25) is 0 Å². The number of methoxy groups -OCH3 is 1. The number of rotatable bonds is 6. The van der Waals surface area contributed by atoms with Crippen molar-refractivity contribution in [1.82, 2.24) is 15.3 Å². The van der Waals surface area contributed by atoms with Crippen LogP contribution in [0.3, 0.4) is 0 Å². The molecule has 0 bridgehead atoms. The SMILES string of the molecule is CCCNC(c1nccnc1OC)C1SCCSC1C. The van der Waals surface area contributed by atoms with Crippen molar-refractivity contribution in [1.29, 1.82) is 0 Å². The lowest BCUT2D eigenvalue weighted by Gasteiger charge is -2.34. The average molecular weight is 313 g/mol. The van der Waals surface area contributed by atoms with Gasteiger partial charge >= 0.3 is 0 Å². The van der Waals surface area contributed by atoms with E-state index in [4.69, 9.17) is 4.74 Å². The van der Waals surface area contributed by atoms with Gasteiger partial charge in [0.05, 0.1) is 13.2 Å². The first-order chi connectivity index (χ1) is 9.77. The van der Waals surface area contributed by atoms with Crippen molar-refractivity contribution in [3.63, 3.8) is 0 Å². The topological polar surface area (TPSA) is 47.0 Å². The molecule has 1 saturated heterocycles. The Balaban J connectivity index is 2.25. The molecule has 0 radical (unpaired) electrons. The van der Waals surface area contributed by atoms with Crippen molar-refractivity contribution in [3.8, 4) is 5.88 Å². The summed E-state index contributed by atoms with van der Waals surface area (Å²) in [7, 11) is 1.66. The Bertz CT molecular complexity index is 419. The third-order valence-corrected chi connectivity index (χ3v) is 6.55. The van der Waals surface area contributed by atoms with Crippen LogP contribution < -0.4 is 10.1 Å². The van der Waals surface area contributed by atoms with E-state index in [0.29, 0.717) is 16.4 Å². The van der Waals surface area contributed by atoms with E-state index in [1.54, 1.807) is 19.5 Å². The standard InChI is InChI=1S/C14H23N3OS2/c1-4-5-15-11(13-10(2)19-8-9-20-13)12-14(18-3)17-7-6-16-12/h6-7,10-11,13,15H,4-5,8-9H2,1-3H3. The van der Waals surface area contributed by atoms with E-state index < -0.39 is 0 Å². The van der Waals surface area contributed by atoms with Crippen molar-refractivity contribution in [2.75, 3.05) is 25.2 Å². The number of thioether (sulfide) groups is 2. The number of nitrogens with one attached hydrogen (secondary N) is 1. The van der Waals surface area contributed by atoms with Crippen molar-refractivity contribution in [3.05, 3.63) is 18.1 Å². The highest BCUT2D eigenvalue weighted by atomic mass is 32.2. The molecule has 1 aromatic heterocycles. The van der Waals surface area contributed by atoms with Gasteiger partial charge in [-0.1, -0.05) is 13.8 Å². The number of nitrogens with zero attached hydrogens (tertiary/aromatic N) is 2. The minimum absolute atomic E-state index is 0.200. The van der Waals surface area contributed by atoms with Gasteiger partial charge < -0.3 is 10.1 Å². The van der Waals surface area contributed by atoms with Crippen molar-refractivity contribution >= 4 is 23.5 Å².